The highest BCUT2D eigenvalue weighted by Gasteiger charge is 2.33. The van der Waals surface area contributed by atoms with Crippen LogP contribution in [0.1, 0.15) is 55.6 Å². The van der Waals surface area contributed by atoms with Gasteiger partial charge in [0, 0.05) is 43.5 Å². The van der Waals surface area contributed by atoms with E-state index in [1.54, 1.807) is 0 Å². The maximum Gasteiger partial charge on any atom is 0.255 e. The monoisotopic (exact) mass is 410 g/mol. The summed E-state index contributed by atoms with van der Waals surface area (Å²) in [5.41, 5.74) is 2.30. The van der Waals surface area contributed by atoms with Gasteiger partial charge in [-0.05, 0) is 26.7 Å². The molecule has 3 aliphatic rings. The number of ether oxygens (including phenoxy) is 1. The molecule has 5 heterocycles. The van der Waals surface area contributed by atoms with Crippen LogP contribution in [-0.2, 0) is 11.3 Å². The highest BCUT2D eigenvalue weighted by atomic mass is 16.5. The lowest BCUT2D eigenvalue weighted by Crippen LogP contribution is -2.44. The number of amides is 1. The summed E-state index contributed by atoms with van der Waals surface area (Å²) in [5, 5.41) is 7.76. The minimum absolute atomic E-state index is 0.0358. The Balaban J connectivity index is 1.56. The lowest BCUT2D eigenvalue weighted by molar-refractivity contribution is 0.0965. The van der Waals surface area contributed by atoms with Gasteiger partial charge >= 0.3 is 0 Å². The third-order valence-corrected chi connectivity index (χ3v) is 6.54. The standard InChI is InChI=1S/C22H30N6O2/c1-22(2)7-4-3-5-8-27(22)19-14-17(20-16(24-19)15-23-21(20)29)28-9-6-18(25-28)26-10-12-30-13-11-26/h6,9,14H,3-5,7-8,10-13,15H2,1-2H3,(H,23,29). The average molecular weight is 411 g/mol. The normalized spacial score (nSPS) is 21.3. The number of anilines is 2. The first-order chi connectivity index (χ1) is 14.5. The van der Waals surface area contributed by atoms with Gasteiger partial charge in [0.25, 0.3) is 5.91 Å². The molecule has 1 N–H and O–H groups in total. The number of carbonyl (C=O) groups excluding carboxylic acids is 1. The molecule has 2 saturated heterocycles. The van der Waals surface area contributed by atoms with E-state index in [-0.39, 0.29) is 11.4 Å². The zero-order chi connectivity index (χ0) is 20.7. The van der Waals surface area contributed by atoms with Gasteiger partial charge in [0.05, 0.1) is 36.7 Å². The van der Waals surface area contributed by atoms with Crippen LogP contribution in [0.15, 0.2) is 18.3 Å². The van der Waals surface area contributed by atoms with Gasteiger partial charge < -0.3 is 19.9 Å². The second-order valence-corrected chi connectivity index (χ2v) is 9.00. The van der Waals surface area contributed by atoms with Crippen molar-refractivity contribution in [3.8, 4) is 5.69 Å². The van der Waals surface area contributed by atoms with Gasteiger partial charge in [-0.15, -0.1) is 0 Å². The Hall–Kier alpha value is -2.61. The van der Waals surface area contributed by atoms with Crippen molar-refractivity contribution in [1.82, 2.24) is 20.1 Å². The zero-order valence-electron chi connectivity index (χ0n) is 17.9. The van der Waals surface area contributed by atoms with E-state index < -0.39 is 0 Å². The maximum absolute atomic E-state index is 12.6. The van der Waals surface area contributed by atoms with Crippen molar-refractivity contribution < 1.29 is 9.53 Å². The fraction of sp³-hybridized carbons (Fsp3) is 0.591. The summed E-state index contributed by atoms with van der Waals surface area (Å²) in [4.78, 5) is 22.2. The van der Waals surface area contributed by atoms with Crippen LogP contribution < -0.4 is 15.1 Å². The molecule has 0 radical (unpaired) electrons. The topological polar surface area (TPSA) is 75.5 Å². The number of pyridine rings is 1. The van der Waals surface area contributed by atoms with Gasteiger partial charge in [0.1, 0.15) is 5.82 Å². The largest absolute Gasteiger partial charge is 0.378 e. The Morgan fingerprint density at radius 3 is 2.77 bits per heavy atom. The Morgan fingerprint density at radius 1 is 1.10 bits per heavy atom. The van der Waals surface area contributed by atoms with Crippen LogP contribution in [0, 0.1) is 0 Å². The van der Waals surface area contributed by atoms with Crippen molar-refractivity contribution in [2.24, 2.45) is 0 Å². The number of hydrogen-bond donors (Lipinski definition) is 1. The molecule has 0 aromatic carbocycles. The van der Waals surface area contributed by atoms with Crippen LogP contribution in [0.5, 0.6) is 0 Å². The van der Waals surface area contributed by atoms with E-state index in [4.69, 9.17) is 14.8 Å². The third-order valence-electron chi connectivity index (χ3n) is 6.54. The van der Waals surface area contributed by atoms with E-state index in [2.05, 4.69) is 29.0 Å². The Bertz CT molecular complexity index is 947. The molecule has 8 nitrogen and oxygen atoms in total. The maximum atomic E-state index is 12.6. The van der Waals surface area contributed by atoms with E-state index in [0.29, 0.717) is 25.3 Å². The lowest BCUT2D eigenvalue weighted by atomic mass is 9.96. The van der Waals surface area contributed by atoms with Gasteiger partial charge in [0.15, 0.2) is 5.82 Å². The van der Waals surface area contributed by atoms with Crippen LogP contribution in [-0.4, -0.2) is 59.1 Å². The molecule has 0 bridgehead atoms. The molecule has 30 heavy (non-hydrogen) atoms. The predicted molar refractivity (Wildman–Crippen MR) is 115 cm³/mol. The van der Waals surface area contributed by atoms with E-state index in [1.165, 1.54) is 12.8 Å². The summed E-state index contributed by atoms with van der Waals surface area (Å²) in [6.07, 6.45) is 6.74. The highest BCUT2D eigenvalue weighted by molar-refractivity contribution is 6.01. The van der Waals surface area contributed by atoms with Crippen molar-refractivity contribution in [1.29, 1.82) is 0 Å². The Morgan fingerprint density at radius 2 is 1.93 bits per heavy atom. The summed E-state index contributed by atoms with van der Waals surface area (Å²) < 4.78 is 7.29. The summed E-state index contributed by atoms with van der Waals surface area (Å²) >= 11 is 0. The molecule has 5 rings (SSSR count). The van der Waals surface area contributed by atoms with Crippen molar-refractivity contribution in [3.05, 3.63) is 29.6 Å². The van der Waals surface area contributed by atoms with Crippen molar-refractivity contribution >= 4 is 17.5 Å². The van der Waals surface area contributed by atoms with Gasteiger partial charge in [0.2, 0.25) is 0 Å². The van der Waals surface area contributed by atoms with Crippen molar-refractivity contribution in [3.63, 3.8) is 0 Å². The third kappa shape index (κ3) is 3.43. The quantitative estimate of drug-likeness (QED) is 0.838. The SMILES string of the molecule is CC1(C)CCCCCN1c1cc(-n2ccc(N3CCOCC3)n2)c2c(n1)CNC2=O. The molecule has 0 atom stereocenters. The van der Waals surface area contributed by atoms with Crippen LogP contribution in [0.2, 0.25) is 0 Å². The number of morpholine rings is 1. The van der Waals surface area contributed by atoms with E-state index in [1.807, 2.05) is 23.0 Å². The van der Waals surface area contributed by atoms with Crippen LogP contribution >= 0.6 is 0 Å². The van der Waals surface area contributed by atoms with E-state index in [9.17, 15) is 4.79 Å². The van der Waals surface area contributed by atoms with Crippen LogP contribution in [0.3, 0.4) is 0 Å². The number of nitrogens with one attached hydrogen (secondary N) is 1. The predicted octanol–water partition coefficient (Wildman–Crippen LogP) is 2.51. The lowest BCUT2D eigenvalue weighted by Gasteiger charge is -2.38. The zero-order valence-corrected chi connectivity index (χ0v) is 17.9. The molecule has 2 fully saturated rings. The van der Waals surface area contributed by atoms with E-state index >= 15 is 0 Å². The smallest absolute Gasteiger partial charge is 0.255 e. The van der Waals surface area contributed by atoms with Gasteiger partial charge in [-0.1, -0.05) is 12.8 Å². The first-order valence-electron chi connectivity index (χ1n) is 11.0. The highest BCUT2D eigenvalue weighted by Crippen LogP contribution is 2.34. The first-order valence-corrected chi connectivity index (χ1v) is 11.0. The number of fused-ring (bicyclic) bond motifs is 1. The van der Waals surface area contributed by atoms with E-state index in [0.717, 1.165) is 55.5 Å². The summed E-state index contributed by atoms with van der Waals surface area (Å²) in [7, 11) is 0. The molecule has 8 heteroatoms. The van der Waals surface area contributed by atoms with Crippen LogP contribution in [0.4, 0.5) is 11.6 Å². The number of nitrogens with zero attached hydrogens (tertiary/aromatic N) is 5. The molecule has 0 saturated carbocycles. The number of aromatic nitrogens is 3. The molecule has 0 aliphatic carbocycles. The average Bonchev–Trinajstić information content (AvgIpc) is 3.33. The van der Waals surface area contributed by atoms with Crippen LogP contribution in [0.25, 0.3) is 5.69 Å². The first kappa shape index (κ1) is 19.4. The van der Waals surface area contributed by atoms with Gasteiger partial charge in [-0.3, -0.25) is 4.79 Å². The molecule has 0 unspecified atom stereocenters. The van der Waals surface area contributed by atoms with Gasteiger partial charge in [-0.25, -0.2) is 9.67 Å². The number of hydrogen-bond acceptors (Lipinski definition) is 6. The minimum Gasteiger partial charge on any atom is -0.378 e. The van der Waals surface area contributed by atoms with Crippen molar-refractivity contribution in [2.45, 2.75) is 51.6 Å². The fourth-order valence-electron chi connectivity index (χ4n) is 4.79. The fourth-order valence-corrected chi connectivity index (χ4v) is 4.79. The molecule has 0 spiro atoms. The second-order valence-electron chi connectivity index (χ2n) is 9.00. The second kappa shape index (κ2) is 7.58. The van der Waals surface area contributed by atoms with Crippen molar-refractivity contribution in [2.75, 3.05) is 42.6 Å². The summed E-state index contributed by atoms with van der Waals surface area (Å²) in [6, 6.07) is 4.06. The molecule has 2 aromatic rings. The molecular weight excluding hydrogens is 380 g/mol. The summed E-state index contributed by atoms with van der Waals surface area (Å²) in [6.45, 7) is 9.14. The number of rotatable bonds is 3. The van der Waals surface area contributed by atoms with Gasteiger partial charge in [-0.2, -0.15) is 5.10 Å². The number of carbonyl (C=O) groups is 1. The molecule has 160 valence electrons. The Kier molecular flexibility index (Phi) is 4.89. The molecule has 3 aliphatic heterocycles. The Labute approximate surface area is 177 Å². The molecular formula is C22H30N6O2. The molecule has 2 aromatic heterocycles. The molecule has 1 amide bonds. The minimum atomic E-state index is -0.0717. The summed E-state index contributed by atoms with van der Waals surface area (Å²) in [5.74, 6) is 1.78.